The molecule has 0 unspecified atom stereocenters. The van der Waals surface area contributed by atoms with E-state index in [2.05, 4.69) is 10.6 Å². The van der Waals surface area contributed by atoms with Gasteiger partial charge in [0.1, 0.15) is 5.75 Å². The number of ether oxygens (including phenoxy) is 1. The standard InChI is InChI=1S/C25H27N3O5S/c1-28(18-19-8-4-3-5-9-19)34(31,32)21-14-12-20(13-15-21)27-24(29)16-17-26-25(30)22-10-6-7-11-23(22)33-2/h3-15H,16-18H2,1-2H3,(H,26,30)(H,27,29). The highest BCUT2D eigenvalue weighted by Gasteiger charge is 2.21. The number of benzene rings is 3. The summed E-state index contributed by atoms with van der Waals surface area (Å²) >= 11 is 0. The molecule has 2 N–H and O–H groups in total. The van der Waals surface area contributed by atoms with E-state index in [1.54, 1.807) is 24.3 Å². The van der Waals surface area contributed by atoms with Gasteiger partial charge in [-0.2, -0.15) is 4.31 Å². The molecule has 0 radical (unpaired) electrons. The van der Waals surface area contributed by atoms with Gasteiger partial charge in [-0.25, -0.2) is 8.42 Å². The summed E-state index contributed by atoms with van der Waals surface area (Å²) in [5, 5.41) is 5.39. The zero-order valence-corrected chi connectivity index (χ0v) is 19.8. The predicted molar refractivity (Wildman–Crippen MR) is 130 cm³/mol. The van der Waals surface area contributed by atoms with Gasteiger partial charge in [0.2, 0.25) is 15.9 Å². The highest BCUT2D eigenvalue weighted by molar-refractivity contribution is 7.89. The molecule has 3 aromatic carbocycles. The Bertz CT molecular complexity index is 1230. The number of carbonyl (C=O) groups is 2. The molecule has 0 spiro atoms. The molecule has 0 aliphatic rings. The summed E-state index contributed by atoms with van der Waals surface area (Å²) in [6.07, 6.45) is 0.0563. The van der Waals surface area contributed by atoms with Crippen molar-refractivity contribution >= 4 is 27.5 Å². The minimum absolute atomic E-state index is 0.0563. The van der Waals surface area contributed by atoms with Crippen LogP contribution in [0, 0.1) is 0 Å². The lowest BCUT2D eigenvalue weighted by Gasteiger charge is -2.17. The second kappa shape index (κ2) is 11.4. The van der Waals surface area contributed by atoms with Crippen molar-refractivity contribution in [2.75, 3.05) is 26.0 Å². The van der Waals surface area contributed by atoms with Crippen LogP contribution in [0.15, 0.2) is 83.8 Å². The van der Waals surface area contributed by atoms with Gasteiger partial charge in [0.15, 0.2) is 0 Å². The molecule has 2 amide bonds. The lowest BCUT2D eigenvalue weighted by atomic mass is 10.2. The Kier molecular flexibility index (Phi) is 8.39. The lowest BCUT2D eigenvalue weighted by Crippen LogP contribution is -2.28. The summed E-state index contributed by atoms with van der Waals surface area (Å²) in [6, 6.07) is 22.1. The third-order valence-electron chi connectivity index (χ3n) is 5.08. The Labute approximate surface area is 199 Å². The first-order valence-corrected chi connectivity index (χ1v) is 12.1. The molecule has 0 fully saturated rings. The monoisotopic (exact) mass is 481 g/mol. The van der Waals surface area contributed by atoms with Crippen molar-refractivity contribution in [1.82, 2.24) is 9.62 Å². The Morgan fingerprint density at radius 3 is 2.24 bits per heavy atom. The first-order valence-electron chi connectivity index (χ1n) is 10.6. The highest BCUT2D eigenvalue weighted by Crippen LogP contribution is 2.20. The maximum atomic E-state index is 12.8. The van der Waals surface area contributed by atoms with E-state index in [0.29, 0.717) is 17.0 Å². The lowest BCUT2D eigenvalue weighted by molar-refractivity contribution is -0.116. The maximum absolute atomic E-state index is 12.8. The first-order chi connectivity index (χ1) is 16.3. The Balaban J connectivity index is 1.51. The molecule has 0 heterocycles. The fourth-order valence-electron chi connectivity index (χ4n) is 3.26. The largest absolute Gasteiger partial charge is 0.496 e. The van der Waals surface area contributed by atoms with Gasteiger partial charge in [0.05, 0.1) is 17.6 Å². The van der Waals surface area contributed by atoms with Gasteiger partial charge in [0, 0.05) is 32.2 Å². The van der Waals surface area contributed by atoms with E-state index in [1.165, 1.54) is 42.7 Å². The van der Waals surface area contributed by atoms with E-state index in [4.69, 9.17) is 4.74 Å². The van der Waals surface area contributed by atoms with E-state index in [9.17, 15) is 18.0 Å². The fourth-order valence-corrected chi connectivity index (χ4v) is 4.42. The predicted octanol–water partition coefficient (Wildman–Crippen LogP) is 3.27. The zero-order chi connectivity index (χ0) is 24.6. The van der Waals surface area contributed by atoms with E-state index >= 15 is 0 Å². The smallest absolute Gasteiger partial charge is 0.255 e. The fraction of sp³-hybridized carbons (Fsp3) is 0.200. The number of methoxy groups -OCH3 is 1. The average molecular weight is 482 g/mol. The van der Waals surface area contributed by atoms with Gasteiger partial charge >= 0.3 is 0 Å². The quantitative estimate of drug-likeness (QED) is 0.462. The van der Waals surface area contributed by atoms with Crippen LogP contribution >= 0.6 is 0 Å². The number of amides is 2. The summed E-state index contributed by atoms with van der Waals surface area (Å²) in [7, 11) is -0.667. The molecule has 0 aromatic heterocycles. The molecule has 0 bridgehead atoms. The van der Waals surface area contributed by atoms with Crippen LogP contribution in [0.25, 0.3) is 0 Å². The maximum Gasteiger partial charge on any atom is 0.255 e. The Morgan fingerprint density at radius 1 is 0.912 bits per heavy atom. The van der Waals surface area contributed by atoms with Crippen LogP contribution in [0.4, 0.5) is 5.69 Å². The number of anilines is 1. The van der Waals surface area contributed by atoms with Crippen LogP contribution in [0.1, 0.15) is 22.3 Å². The average Bonchev–Trinajstić information content (AvgIpc) is 2.84. The van der Waals surface area contributed by atoms with Gasteiger partial charge in [-0.15, -0.1) is 0 Å². The number of para-hydroxylation sites is 1. The summed E-state index contributed by atoms with van der Waals surface area (Å²) in [4.78, 5) is 24.6. The van der Waals surface area contributed by atoms with Crippen LogP contribution < -0.4 is 15.4 Å². The van der Waals surface area contributed by atoms with Gasteiger partial charge in [-0.05, 0) is 42.0 Å². The second-order valence-electron chi connectivity index (χ2n) is 7.53. The minimum atomic E-state index is -3.68. The zero-order valence-electron chi connectivity index (χ0n) is 19.0. The summed E-state index contributed by atoms with van der Waals surface area (Å²) in [5.41, 5.74) is 1.74. The summed E-state index contributed by atoms with van der Waals surface area (Å²) in [5.74, 6) is -0.189. The van der Waals surface area contributed by atoms with Crippen molar-refractivity contribution in [3.05, 3.63) is 90.0 Å². The molecule has 9 heteroatoms. The van der Waals surface area contributed by atoms with Crippen molar-refractivity contribution in [2.24, 2.45) is 0 Å². The number of hydrogen-bond acceptors (Lipinski definition) is 5. The van der Waals surface area contributed by atoms with Gasteiger partial charge in [-0.1, -0.05) is 42.5 Å². The van der Waals surface area contributed by atoms with Crippen LogP contribution in [0.3, 0.4) is 0 Å². The molecule has 3 rings (SSSR count). The molecule has 3 aromatic rings. The van der Waals surface area contributed by atoms with E-state index < -0.39 is 10.0 Å². The van der Waals surface area contributed by atoms with E-state index in [1.807, 2.05) is 30.3 Å². The van der Waals surface area contributed by atoms with Crippen molar-refractivity contribution in [3.63, 3.8) is 0 Å². The Hall–Kier alpha value is -3.69. The van der Waals surface area contributed by atoms with Gasteiger partial charge in [-0.3, -0.25) is 9.59 Å². The van der Waals surface area contributed by atoms with Crippen LogP contribution in [0.5, 0.6) is 5.75 Å². The van der Waals surface area contributed by atoms with Crippen molar-refractivity contribution < 1.29 is 22.7 Å². The number of rotatable bonds is 10. The van der Waals surface area contributed by atoms with Crippen LogP contribution in [0.2, 0.25) is 0 Å². The van der Waals surface area contributed by atoms with Crippen LogP contribution in [-0.2, 0) is 21.4 Å². The summed E-state index contributed by atoms with van der Waals surface area (Å²) < 4.78 is 32.1. The van der Waals surface area contributed by atoms with Crippen LogP contribution in [-0.4, -0.2) is 45.2 Å². The normalized spacial score (nSPS) is 11.1. The Morgan fingerprint density at radius 2 is 1.56 bits per heavy atom. The number of hydrogen-bond donors (Lipinski definition) is 2. The second-order valence-corrected chi connectivity index (χ2v) is 9.57. The molecule has 34 heavy (non-hydrogen) atoms. The molecule has 178 valence electrons. The van der Waals surface area contributed by atoms with Gasteiger partial charge < -0.3 is 15.4 Å². The first kappa shape index (κ1) is 24.9. The molecule has 8 nitrogen and oxygen atoms in total. The van der Waals surface area contributed by atoms with Crippen molar-refractivity contribution in [2.45, 2.75) is 17.9 Å². The summed E-state index contributed by atoms with van der Waals surface area (Å²) in [6.45, 7) is 0.391. The van der Waals surface area contributed by atoms with Crippen molar-refractivity contribution in [1.29, 1.82) is 0 Å². The molecule has 0 aliphatic heterocycles. The third-order valence-corrected chi connectivity index (χ3v) is 6.90. The van der Waals surface area contributed by atoms with E-state index in [-0.39, 0.29) is 36.2 Å². The number of nitrogens with zero attached hydrogens (tertiary/aromatic N) is 1. The van der Waals surface area contributed by atoms with E-state index in [0.717, 1.165) is 5.56 Å². The highest BCUT2D eigenvalue weighted by atomic mass is 32.2. The molecule has 0 aliphatic carbocycles. The molecule has 0 saturated carbocycles. The molecule has 0 atom stereocenters. The third kappa shape index (κ3) is 6.43. The molecule has 0 saturated heterocycles. The number of nitrogens with one attached hydrogen (secondary N) is 2. The van der Waals surface area contributed by atoms with Crippen molar-refractivity contribution in [3.8, 4) is 5.75 Å². The number of carbonyl (C=O) groups excluding carboxylic acids is 2. The minimum Gasteiger partial charge on any atom is -0.496 e. The molecular formula is C25H27N3O5S. The topological polar surface area (TPSA) is 105 Å². The van der Waals surface area contributed by atoms with Gasteiger partial charge in [0.25, 0.3) is 5.91 Å². The number of sulfonamides is 1. The molecular weight excluding hydrogens is 454 g/mol. The SMILES string of the molecule is COc1ccccc1C(=O)NCCC(=O)Nc1ccc(S(=O)(=O)N(C)Cc2ccccc2)cc1.